The molecular weight excluding hydrogens is 224 g/mol. The summed E-state index contributed by atoms with van der Waals surface area (Å²) in [5, 5.41) is 0. The molecule has 18 heavy (non-hydrogen) atoms. The third-order valence-electron chi connectivity index (χ3n) is 5.05. The summed E-state index contributed by atoms with van der Waals surface area (Å²) in [5.74, 6) is 1.08. The zero-order valence-electron chi connectivity index (χ0n) is 11.4. The summed E-state index contributed by atoms with van der Waals surface area (Å²) in [6, 6.07) is 0.0957. The number of nitrogens with zero attached hydrogens (tertiary/aromatic N) is 1. The number of nitrogens with two attached hydrogens (primary N) is 1. The summed E-state index contributed by atoms with van der Waals surface area (Å²) in [6.45, 7) is 3.33. The first-order valence-electron chi connectivity index (χ1n) is 7.66. The third kappa shape index (κ3) is 2.08. The zero-order chi connectivity index (χ0) is 12.4. The molecule has 0 aromatic carbocycles. The summed E-state index contributed by atoms with van der Waals surface area (Å²) < 4.78 is 5.85. The Bertz CT molecular complexity index is 314. The molecule has 0 aromatic heterocycles. The lowest BCUT2D eigenvalue weighted by atomic mass is 9.85. The van der Waals surface area contributed by atoms with Gasteiger partial charge in [0.2, 0.25) is 0 Å². The molecule has 2 N–H and O–H groups in total. The predicted octanol–water partition coefficient (Wildman–Crippen LogP) is 2.42. The Kier molecular flexibility index (Phi) is 3.62. The molecule has 2 fully saturated rings. The number of rotatable bonds is 3. The first kappa shape index (κ1) is 12.5. The van der Waals surface area contributed by atoms with E-state index in [1.165, 1.54) is 51.6 Å². The van der Waals surface area contributed by atoms with Crippen molar-refractivity contribution in [1.29, 1.82) is 0 Å². The van der Waals surface area contributed by atoms with Crippen LogP contribution in [0.2, 0.25) is 0 Å². The molecule has 3 nitrogen and oxygen atoms in total. The Hall–Kier alpha value is -0.540. The second-order valence-corrected chi connectivity index (χ2v) is 6.08. The predicted molar refractivity (Wildman–Crippen MR) is 73.3 cm³/mol. The average molecular weight is 250 g/mol. The summed E-state index contributed by atoms with van der Waals surface area (Å²) in [6.07, 6.45) is 12.4. The highest BCUT2D eigenvalue weighted by molar-refractivity contribution is 5.17. The zero-order valence-corrected chi connectivity index (χ0v) is 11.4. The molecule has 0 spiro atoms. The van der Waals surface area contributed by atoms with Crippen LogP contribution in [-0.2, 0) is 4.74 Å². The van der Waals surface area contributed by atoms with E-state index in [0.717, 1.165) is 25.2 Å². The second kappa shape index (κ2) is 5.22. The molecular formula is C15H26N2O. The lowest BCUT2D eigenvalue weighted by Gasteiger charge is -2.44. The van der Waals surface area contributed by atoms with Gasteiger partial charge < -0.3 is 10.5 Å². The molecule has 0 bridgehead atoms. The van der Waals surface area contributed by atoms with Gasteiger partial charge in [-0.05, 0) is 57.7 Å². The molecule has 1 saturated heterocycles. The number of allylic oxidation sites excluding steroid dienone is 1. The van der Waals surface area contributed by atoms with Crippen LogP contribution in [0.5, 0.6) is 0 Å². The molecule has 3 rings (SSSR count). The van der Waals surface area contributed by atoms with Crippen LogP contribution in [0.1, 0.15) is 51.4 Å². The van der Waals surface area contributed by atoms with Gasteiger partial charge in [-0.15, -0.1) is 0 Å². The van der Waals surface area contributed by atoms with E-state index in [1.54, 1.807) is 0 Å². The van der Waals surface area contributed by atoms with E-state index in [1.807, 2.05) is 0 Å². The van der Waals surface area contributed by atoms with Gasteiger partial charge in [0.1, 0.15) is 5.76 Å². The highest BCUT2D eigenvalue weighted by Crippen LogP contribution is 2.41. The highest BCUT2D eigenvalue weighted by atomic mass is 16.5. The fraction of sp³-hybridized carbons (Fsp3) is 0.867. The van der Waals surface area contributed by atoms with Gasteiger partial charge in [-0.25, -0.2) is 0 Å². The maximum Gasteiger partial charge on any atom is 0.111 e. The summed E-state index contributed by atoms with van der Waals surface area (Å²) in [5.41, 5.74) is 6.84. The Morgan fingerprint density at radius 2 is 1.83 bits per heavy atom. The van der Waals surface area contributed by atoms with E-state index < -0.39 is 0 Å². The van der Waals surface area contributed by atoms with E-state index in [2.05, 4.69) is 11.0 Å². The van der Waals surface area contributed by atoms with Gasteiger partial charge in [0.25, 0.3) is 0 Å². The Morgan fingerprint density at radius 1 is 1.11 bits per heavy atom. The van der Waals surface area contributed by atoms with Gasteiger partial charge in [0.05, 0.1) is 12.6 Å². The van der Waals surface area contributed by atoms with Crippen LogP contribution < -0.4 is 5.73 Å². The van der Waals surface area contributed by atoms with Gasteiger partial charge in [-0.3, -0.25) is 4.90 Å². The maximum atomic E-state index is 6.63. The van der Waals surface area contributed by atoms with Crippen LogP contribution in [0.3, 0.4) is 0 Å². The Balaban J connectivity index is 1.81. The first-order valence-corrected chi connectivity index (χ1v) is 7.66. The minimum atomic E-state index is 0.0957. The fourth-order valence-electron chi connectivity index (χ4n) is 4.03. The van der Waals surface area contributed by atoms with E-state index in [-0.39, 0.29) is 11.6 Å². The minimum absolute atomic E-state index is 0.0957. The Morgan fingerprint density at radius 3 is 2.44 bits per heavy atom. The van der Waals surface area contributed by atoms with Crippen LogP contribution in [0, 0.1) is 0 Å². The number of hydrogen-bond donors (Lipinski definition) is 1. The van der Waals surface area contributed by atoms with Gasteiger partial charge >= 0.3 is 0 Å². The largest absolute Gasteiger partial charge is 0.497 e. The smallest absolute Gasteiger partial charge is 0.111 e. The molecule has 1 unspecified atom stereocenters. The molecule has 0 aromatic rings. The van der Waals surface area contributed by atoms with Crippen molar-refractivity contribution in [2.24, 2.45) is 5.73 Å². The molecule has 2 aliphatic heterocycles. The van der Waals surface area contributed by atoms with Crippen LogP contribution in [0.25, 0.3) is 0 Å². The van der Waals surface area contributed by atoms with Crippen LogP contribution in [0.4, 0.5) is 0 Å². The number of hydrogen-bond acceptors (Lipinski definition) is 3. The van der Waals surface area contributed by atoms with Crippen LogP contribution >= 0.6 is 0 Å². The quantitative estimate of drug-likeness (QED) is 0.836. The Labute approximate surface area is 110 Å². The molecule has 1 saturated carbocycles. The van der Waals surface area contributed by atoms with Gasteiger partial charge in [-0.2, -0.15) is 0 Å². The molecule has 3 heteroatoms. The summed E-state index contributed by atoms with van der Waals surface area (Å²) in [7, 11) is 0. The topological polar surface area (TPSA) is 38.5 Å². The first-order chi connectivity index (χ1) is 8.83. The minimum Gasteiger partial charge on any atom is -0.497 e. The third-order valence-corrected chi connectivity index (χ3v) is 5.05. The standard InChI is InChI=1S/C15H26N2O/c16-14(13-7-1-6-12-18-13)15(8-2-3-9-15)17-10-4-5-11-17/h7,14H,1-6,8-12,16H2. The van der Waals surface area contributed by atoms with Crippen molar-refractivity contribution >= 4 is 0 Å². The van der Waals surface area contributed by atoms with Gasteiger partial charge in [-0.1, -0.05) is 12.8 Å². The van der Waals surface area contributed by atoms with E-state index in [9.17, 15) is 0 Å². The maximum absolute atomic E-state index is 6.63. The van der Waals surface area contributed by atoms with Crippen molar-refractivity contribution in [2.75, 3.05) is 19.7 Å². The lowest BCUT2D eigenvalue weighted by Crippen LogP contribution is -2.58. The fourth-order valence-corrected chi connectivity index (χ4v) is 4.03. The molecule has 0 amide bonds. The number of ether oxygens (including phenoxy) is 1. The highest BCUT2D eigenvalue weighted by Gasteiger charge is 2.47. The van der Waals surface area contributed by atoms with Crippen molar-refractivity contribution in [3.05, 3.63) is 11.8 Å². The van der Waals surface area contributed by atoms with E-state index >= 15 is 0 Å². The van der Waals surface area contributed by atoms with Gasteiger partial charge in [0.15, 0.2) is 0 Å². The van der Waals surface area contributed by atoms with Gasteiger partial charge in [0, 0.05) is 5.54 Å². The summed E-state index contributed by atoms with van der Waals surface area (Å²) >= 11 is 0. The van der Waals surface area contributed by atoms with E-state index in [0.29, 0.717) is 0 Å². The SMILES string of the molecule is NC(C1=CCCCO1)C1(N2CCCC2)CCCC1. The van der Waals surface area contributed by atoms with Crippen molar-refractivity contribution in [1.82, 2.24) is 4.90 Å². The molecule has 0 radical (unpaired) electrons. The number of likely N-dealkylation sites (tertiary alicyclic amines) is 1. The molecule has 1 atom stereocenters. The summed E-state index contributed by atoms with van der Waals surface area (Å²) in [4.78, 5) is 2.67. The molecule has 1 aliphatic carbocycles. The van der Waals surface area contributed by atoms with E-state index in [4.69, 9.17) is 10.5 Å². The van der Waals surface area contributed by atoms with Crippen molar-refractivity contribution in [3.8, 4) is 0 Å². The van der Waals surface area contributed by atoms with Crippen LogP contribution in [-0.4, -0.2) is 36.2 Å². The lowest BCUT2D eigenvalue weighted by molar-refractivity contribution is 0.0675. The second-order valence-electron chi connectivity index (χ2n) is 6.08. The normalized spacial score (nSPS) is 29.9. The van der Waals surface area contributed by atoms with Crippen LogP contribution in [0.15, 0.2) is 11.8 Å². The molecule has 2 heterocycles. The van der Waals surface area contributed by atoms with Crippen molar-refractivity contribution < 1.29 is 4.74 Å². The average Bonchev–Trinajstić information content (AvgIpc) is 3.10. The monoisotopic (exact) mass is 250 g/mol. The molecule has 102 valence electrons. The van der Waals surface area contributed by atoms with Crippen molar-refractivity contribution in [2.45, 2.75) is 62.9 Å². The molecule has 3 aliphatic rings. The van der Waals surface area contributed by atoms with Crippen molar-refractivity contribution in [3.63, 3.8) is 0 Å².